The monoisotopic (exact) mass is 531 g/mol. The predicted octanol–water partition coefficient (Wildman–Crippen LogP) is 3.79. The molecule has 1 aromatic carbocycles. The molecule has 7 heteroatoms. The first-order valence-electron chi connectivity index (χ1n) is 10.7. The summed E-state index contributed by atoms with van der Waals surface area (Å²) in [6.07, 6.45) is 4.02. The summed E-state index contributed by atoms with van der Waals surface area (Å²) in [5, 5.41) is 6.99. The zero-order chi connectivity index (χ0) is 19.8. The highest BCUT2D eigenvalue weighted by Crippen LogP contribution is 2.21. The SMILES string of the molecule is CN=C(NCc1ccc(N2CCSCC2)cc1)NCC(C)(C)N1CCCCC1.I. The van der Waals surface area contributed by atoms with Gasteiger partial charge in [-0.3, -0.25) is 9.89 Å². The Labute approximate surface area is 198 Å². The highest BCUT2D eigenvalue weighted by atomic mass is 127. The van der Waals surface area contributed by atoms with Crippen LogP contribution in [0.5, 0.6) is 0 Å². The molecule has 0 aliphatic carbocycles. The Balaban J connectivity index is 0.00000300. The largest absolute Gasteiger partial charge is 0.370 e. The van der Waals surface area contributed by atoms with Crippen LogP contribution >= 0.6 is 35.7 Å². The van der Waals surface area contributed by atoms with Gasteiger partial charge in [0.05, 0.1) is 0 Å². The first kappa shape index (κ1) is 24.6. The van der Waals surface area contributed by atoms with Crippen LogP contribution in [0, 0.1) is 0 Å². The third-order valence-electron chi connectivity index (χ3n) is 5.90. The number of nitrogens with zero attached hydrogens (tertiary/aromatic N) is 3. The lowest BCUT2D eigenvalue weighted by Crippen LogP contribution is -2.54. The summed E-state index contributed by atoms with van der Waals surface area (Å²) in [5.41, 5.74) is 2.77. The van der Waals surface area contributed by atoms with Crippen molar-refractivity contribution in [1.82, 2.24) is 15.5 Å². The van der Waals surface area contributed by atoms with E-state index in [9.17, 15) is 0 Å². The van der Waals surface area contributed by atoms with Crippen molar-refractivity contribution >= 4 is 47.4 Å². The molecule has 2 aliphatic rings. The molecule has 0 bridgehead atoms. The molecule has 2 fully saturated rings. The van der Waals surface area contributed by atoms with Gasteiger partial charge in [-0.15, -0.1) is 24.0 Å². The Morgan fingerprint density at radius 3 is 2.28 bits per heavy atom. The predicted molar refractivity (Wildman–Crippen MR) is 139 cm³/mol. The molecule has 164 valence electrons. The van der Waals surface area contributed by atoms with E-state index in [1.54, 1.807) is 0 Å². The van der Waals surface area contributed by atoms with E-state index >= 15 is 0 Å². The van der Waals surface area contributed by atoms with E-state index in [4.69, 9.17) is 0 Å². The molecule has 1 aromatic rings. The van der Waals surface area contributed by atoms with Crippen LogP contribution in [0.4, 0.5) is 5.69 Å². The molecule has 5 nitrogen and oxygen atoms in total. The molecule has 2 heterocycles. The Kier molecular flexibility index (Phi) is 10.4. The zero-order valence-corrected chi connectivity index (χ0v) is 21.4. The van der Waals surface area contributed by atoms with Crippen molar-refractivity contribution in [2.75, 3.05) is 56.2 Å². The van der Waals surface area contributed by atoms with Crippen LogP contribution in [0.1, 0.15) is 38.7 Å². The number of aliphatic imine (C=N–C) groups is 1. The number of hydrogen-bond donors (Lipinski definition) is 2. The molecule has 3 rings (SSSR count). The quantitative estimate of drug-likeness (QED) is 0.332. The van der Waals surface area contributed by atoms with Crippen molar-refractivity contribution in [3.05, 3.63) is 29.8 Å². The summed E-state index contributed by atoms with van der Waals surface area (Å²) in [6.45, 7) is 11.1. The number of halogens is 1. The molecule has 2 saturated heterocycles. The molecular weight excluding hydrogens is 493 g/mol. The second-order valence-corrected chi connectivity index (χ2v) is 9.63. The van der Waals surface area contributed by atoms with Gasteiger partial charge < -0.3 is 15.5 Å². The number of piperidine rings is 1. The van der Waals surface area contributed by atoms with E-state index in [-0.39, 0.29) is 29.5 Å². The Morgan fingerprint density at radius 1 is 1.00 bits per heavy atom. The summed E-state index contributed by atoms with van der Waals surface area (Å²) in [4.78, 5) is 9.50. The molecule has 0 aromatic heterocycles. The Bertz CT molecular complexity index is 623. The van der Waals surface area contributed by atoms with Gasteiger partial charge in [-0.2, -0.15) is 11.8 Å². The third-order valence-corrected chi connectivity index (χ3v) is 6.84. The van der Waals surface area contributed by atoms with E-state index in [1.165, 1.54) is 55.1 Å². The molecule has 0 unspecified atom stereocenters. The highest BCUT2D eigenvalue weighted by molar-refractivity contribution is 14.0. The first-order chi connectivity index (χ1) is 13.6. The number of guanidine groups is 1. The summed E-state index contributed by atoms with van der Waals surface area (Å²) >= 11 is 2.05. The molecule has 2 N–H and O–H groups in total. The standard InChI is InChI=1S/C22H37N5S.HI/c1-22(2,27-11-5-4-6-12-27)18-25-21(23-3)24-17-19-7-9-20(10-8-19)26-13-15-28-16-14-26;/h7-10H,4-6,11-18H2,1-3H3,(H2,23,24,25);1H. The lowest BCUT2D eigenvalue weighted by atomic mass is 9.98. The summed E-state index contributed by atoms with van der Waals surface area (Å²) in [5.74, 6) is 3.35. The van der Waals surface area contributed by atoms with E-state index in [0.717, 1.165) is 32.1 Å². The zero-order valence-electron chi connectivity index (χ0n) is 18.2. The van der Waals surface area contributed by atoms with E-state index in [1.807, 2.05) is 7.05 Å². The second kappa shape index (κ2) is 12.2. The van der Waals surface area contributed by atoms with Gasteiger partial charge in [0.25, 0.3) is 0 Å². The Hall–Kier alpha value is -0.670. The minimum absolute atomic E-state index is 0. The fourth-order valence-corrected chi connectivity index (χ4v) is 4.87. The van der Waals surface area contributed by atoms with Crippen molar-refractivity contribution < 1.29 is 0 Å². The minimum atomic E-state index is 0. The number of thioether (sulfide) groups is 1. The molecule has 0 saturated carbocycles. The van der Waals surface area contributed by atoms with Gasteiger partial charge in [0.2, 0.25) is 0 Å². The molecule has 0 spiro atoms. The maximum atomic E-state index is 4.41. The smallest absolute Gasteiger partial charge is 0.191 e. The van der Waals surface area contributed by atoms with Gasteiger partial charge in [0.1, 0.15) is 0 Å². The van der Waals surface area contributed by atoms with Crippen LogP contribution < -0.4 is 15.5 Å². The normalized spacial score (nSPS) is 18.9. The fourth-order valence-electron chi connectivity index (χ4n) is 3.96. The van der Waals surface area contributed by atoms with Gasteiger partial charge in [-0.05, 0) is 57.5 Å². The topological polar surface area (TPSA) is 42.9 Å². The fraction of sp³-hybridized carbons (Fsp3) is 0.682. The van der Waals surface area contributed by atoms with Crippen LogP contribution in [0.2, 0.25) is 0 Å². The first-order valence-corrected chi connectivity index (χ1v) is 11.9. The number of nitrogens with one attached hydrogen (secondary N) is 2. The number of likely N-dealkylation sites (tertiary alicyclic amines) is 1. The average molecular weight is 532 g/mol. The second-order valence-electron chi connectivity index (χ2n) is 8.41. The van der Waals surface area contributed by atoms with Crippen molar-refractivity contribution in [1.29, 1.82) is 0 Å². The van der Waals surface area contributed by atoms with Crippen molar-refractivity contribution in [3.63, 3.8) is 0 Å². The molecule has 0 radical (unpaired) electrons. The molecule has 29 heavy (non-hydrogen) atoms. The van der Waals surface area contributed by atoms with Crippen molar-refractivity contribution in [3.8, 4) is 0 Å². The lowest BCUT2D eigenvalue weighted by molar-refractivity contribution is 0.0982. The van der Waals surface area contributed by atoms with Gasteiger partial charge in [0, 0.05) is 56.0 Å². The van der Waals surface area contributed by atoms with Crippen LogP contribution in [-0.4, -0.2) is 67.7 Å². The summed E-state index contributed by atoms with van der Waals surface area (Å²) < 4.78 is 0. The van der Waals surface area contributed by atoms with E-state index in [0.29, 0.717) is 0 Å². The van der Waals surface area contributed by atoms with Gasteiger partial charge in [-0.1, -0.05) is 18.6 Å². The minimum Gasteiger partial charge on any atom is -0.370 e. The van der Waals surface area contributed by atoms with Crippen LogP contribution in [0.3, 0.4) is 0 Å². The van der Waals surface area contributed by atoms with Crippen LogP contribution in [0.25, 0.3) is 0 Å². The lowest BCUT2D eigenvalue weighted by Gasteiger charge is -2.41. The maximum Gasteiger partial charge on any atom is 0.191 e. The third kappa shape index (κ3) is 7.51. The molecule has 0 atom stereocenters. The Morgan fingerprint density at radius 2 is 1.66 bits per heavy atom. The van der Waals surface area contributed by atoms with E-state index < -0.39 is 0 Å². The highest BCUT2D eigenvalue weighted by Gasteiger charge is 2.27. The van der Waals surface area contributed by atoms with Crippen molar-refractivity contribution in [2.45, 2.75) is 45.2 Å². The average Bonchev–Trinajstić information content (AvgIpc) is 2.75. The summed E-state index contributed by atoms with van der Waals surface area (Å²) in [7, 11) is 1.85. The van der Waals surface area contributed by atoms with Gasteiger partial charge >= 0.3 is 0 Å². The number of rotatable bonds is 6. The van der Waals surface area contributed by atoms with Crippen LogP contribution in [0.15, 0.2) is 29.3 Å². The van der Waals surface area contributed by atoms with Crippen LogP contribution in [-0.2, 0) is 6.54 Å². The molecular formula is C22H38IN5S. The maximum absolute atomic E-state index is 4.41. The number of benzene rings is 1. The number of anilines is 1. The molecule has 0 amide bonds. The molecule has 2 aliphatic heterocycles. The van der Waals surface area contributed by atoms with Gasteiger partial charge in [-0.25, -0.2) is 0 Å². The van der Waals surface area contributed by atoms with E-state index in [2.05, 4.69) is 75.3 Å². The van der Waals surface area contributed by atoms with Gasteiger partial charge in [0.15, 0.2) is 5.96 Å². The van der Waals surface area contributed by atoms with Crippen molar-refractivity contribution in [2.24, 2.45) is 4.99 Å². The summed E-state index contributed by atoms with van der Waals surface area (Å²) in [6, 6.07) is 8.97. The number of hydrogen-bond acceptors (Lipinski definition) is 4.